The highest BCUT2D eigenvalue weighted by molar-refractivity contribution is 7.89. The molecule has 0 spiro atoms. The number of para-hydroxylation sites is 1. The number of carbonyl (C=O) groups is 1. The van der Waals surface area contributed by atoms with E-state index in [1.807, 2.05) is 0 Å². The number of carbonyl (C=O) groups excluding carboxylic acids is 1. The molecule has 2 atom stereocenters. The summed E-state index contributed by atoms with van der Waals surface area (Å²) in [4.78, 5) is 12.6. The van der Waals surface area contributed by atoms with Crippen molar-refractivity contribution in [2.24, 2.45) is 0 Å². The zero-order chi connectivity index (χ0) is 24.1. The Morgan fingerprint density at radius 3 is 2.09 bits per heavy atom. The summed E-state index contributed by atoms with van der Waals surface area (Å²) in [5.74, 6) is -0.616. The molecule has 2 aromatic rings. The zero-order valence-corrected chi connectivity index (χ0v) is 19.2. The second-order valence-corrected chi connectivity index (χ2v) is 9.24. The van der Waals surface area contributed by atoms with E-state index in [0.717, 1.165) is 11.6 Å². The highest BCUT2D eigenvalue weighted by atomic mass is 32.2. The topological polar surface area (TPSA) is 78.5 Å². The molecule has 0 aromatic heterocycles. The maximum atomic E-state index is 13.1. The Balaban J connectivity index is 2.08. The molecule has 0 fully saturated rings. The van der Waals surface area contributed by atoms with Gasteiger partial charge in [-0.15, -0.1) is 0 Å². The number of hydrogen-bond donors (Lipinski definition) is 2. The van der Waals surface area contributed by atoms with Crippen LogP contribution in [-0.2, 0) is 21.0 Å². The zero-order valence-electron chi connectivity index (χ0n) is 18.4. The predicted molar refractivity (Wildman–Crippen MR) is 118 cm³/mol. The van der Waals surface area contributed by atoms with Gasteiger partial charge in [0, 0.05) is 19.1 Å². The lowest BCUT2D eigenvalue weighted by molar-refractivity contribution is -0.137. The number of nitrogens with one attached hydrogen (secondary N) is 2. The molecule has 10 heteroatoms. The summed E-state index contributed by atoms with van der Waals surface area (Å²) in [7, 11) is -3.57. The van der Waals surface area contributed by atoms with Crippen molar-refractivity contribution in [1.29, 1.82) is 0 Å². The second-order valence-electron chi connectivity index (χ2n) is 7.30. The number of rotatable bonds is 9. The van der Waals surface area contributed by atoms with Gasteiger partial charge in [0.15, 0.2) is 0 Å². The Bertz CT molecular complexity index is 1020. The van der Waals surface area contributed by atoms with E-state index in [9.17, 15) is 26.4 Å². The molecule has 0 radical (unpaired) electrons. The fourth-order valence-corrected chi connectivity index (χ4v) is 4.73. The van der Waals surface area contributed by atoms with Crippen molar-refractivity contribution in [1.82, 2.24) is 9.62 Å². The summed E-state index contributed by atoms with van der Waals surface area (Å²) in [6, 6.07) is 9.94. The minimum absolute atomic E-state index is 0.173. The van der Waals surface area contributed by atoms with Crippen molar-refractivity contribution in [3.8, 4) is 0 Å². The molecule has 32 heavy (non-hydrogen) atoms. The lowest BCUT2D eigenvalue weighted by Gasteiger charge is -2.22. The third-order valence-corrected chi connectivity index (χ3v) is 7.17. The first kappa shape index (κ1) is 25.8. The minimum Gasteiger partial charge on any atom is -0.324 e. The number of amides is 1. The van der Waals surface area contributed by atoms with E-state index in [-0.39, 0.29) is 16.6 Å². The Morgan fingerprint density at radius 1 is 1.00 bits per heavy atom. The molecule has 6 nitrogen and oxygen atoms in total. The Labute approximate surface area is 186 Å². The van der Waals surface area contributed by atoms with Crippen LogP contribution in [0.15, 0.2) is 53.4 Å². The molecule has 0 bridgehead atoms. The second kappa shape index (κ2) is 10.5. The van der Waals surface area contributed by atoms with E-state index < -0.39 is 33.7 Å². The Morgan fingerprint density at radius 2 is 1.56 bits per heavy atom. The third kappa shape index (κ3) is 6.08. The lowest BCUT2D eigenvalue weighted by Crippen LogP contribution is -2.39. The van der Waals surface area contributed by atoms with Gasteiger partial charge >= 0.3 is 6.18 Å². The van der Waals surface area contributed by atoms with E-state index in [0.29, 0.717) is 13.1 Å². The smallest absolute Gasteiger partial charge is 0.324 e. The SMILES string of the molecule is CCN(CC)S(=O)(=O)c1ccc(C(C)NC(C)C(=O)Nc2ccccc2C(F)(F)F)cc1. The molecule has 2 N–H and O–H groups in total. The lowest BCUT2D eigenvalue weighted by atomic mass is 10.1. The van der Waals surface area contributed by atoms with Crippen molar-refractivity contribution in [2.75, 3.05) is 18.4 Å². The van der Waals surface area contributed by atoms with E-state index in [2.05, 4.69) is 10.6 Å². The summed E-state index contributed by atoms with van der Waals surface area (Å²) in [5, 5.41) is 5.35. The van der Waals surface area contributed by atoms with Crippen LogP contribution in [-0.4, -0.2) is 37.8 Å². The number of nitrogens with zero attached hydrogens (tertiary/aromatic N) is 1. The van der Waals surface area contributed by atoms with E-state index in [1.165, 1.54) is 34.6 Å². The molecule has 2 rings (SSSR count). The van der Waals surface area contributed by atoms with Crippen LogP contribution in [0.3, 0.4) is 0 Å². The monoisotopic (exact) mass is 471 g/mol. The van der Waals surface area contributed by atoms with Gasteiger partial charge in [-0.1, -0.05) is 38.1 Å². The van der Waals surface area contributed by atoms with Gasteiger partial charge < -0.3 is 5.32 Å². The summed E-state index contributed by atoms with van der Waals surface area (Å²) >= 11 is 0. The molecular formula is C22H28F3N3O3S. The summed E-state index contributed by atoms with van der Waals surface area (Å²) < 4.78 is 65.9. The first-order valence-electron chi connectivity index (χ1n) is 10.2. The van der Waals surface area contributed by atoms with Gasteiger partial charge in [-0.05, 0) is 43.7 Å². The van der Waals surface area contributed by atoms with Crippen LogP contribution in [0.25, 0.3) is 0 Å². The highest BCUT2D eigenvalue weighted by Crippen LogP contribution is 2.34. The van der Waals surface area contributed by atoms with Gasteiger partial charge in [-0.25, -0.2) is 8.42 Å². The molecule has 0 aliphatic heterocycles. The minimum atomic E-state index is -4.58. The fraction of sp³-hybridized carbons (Fsp3) is 0.409. The van der Waals surface area contributed by atoms with E-state index in [1.54, 1.807) is 39.8 Å². The predicted octanol–water partition coefficient (Wildman–Crippen LogP) is 4.41. The maximum Gasteiger partial charge on any atom is 0.418 e. The molecular weight excluding hydrogens is 443 g/mol. The molecule has 0 heterocycles. The molecule has 2 aromatic carbocycles. The van der Waals surface area contributed by atoms with Crippen LogP contribution in [0.4, 0.5) is 18.9 Å². The van der Waals surface area contributed by atoms with Crippen LogP contribution in [0, 0.1) is 0 Å². The molecule has 0 saturated heterocycles. The average molecular weight is 472 g/mol. The molecule has 0 aliphatic rings. The number of anilines is 1. The highest BCUT2D eigenvalue weighted by Gasteiger charge is 2.34. The van der Waals surface area contributed by atoms with Crippen molar-refractivity contribution in [3.05, 3.63) is 59.7 Å². The Hall–Kier alpha value is -2.43. The van der Waals surface area contributed by atoms with Gasteiger partial charge in [0.1, 0.15) is 0 Å². The Kier molecular flexibility index (Phi) is 8.44. The quantitative estimate of drug-likeness (QED) is 0.568. The summed E-state index contributed by atoms with van der Waals surface area (Å²) in [5.41, 5.74) is -0.491. The van der Waals surface area contributed by atoms with Gasteiger partial charge in [0.05, 0.1) is 22.2 Å². The van der Waals surface area contributed by atoms with Crippen molar-refractivity contribution < 1.29 is 26.4 Å². The van der Waals surface area contributed by atoms with Gasteiger partial charge in [-0.2, -0.15) is 17.5 Å². The fourth-order valence-electron chi connectivity index (χ4n) is 3.27. The van der Waals surface area contributed by atoms with Gasteiger partial charge in [-0.3, -0.25) is 10.1 Å². The van der Waals surface area contributed by atoms with Crippen LogP contribution in [0.5, 0.6) is 0 Å². The normalized spacial score (nSPS) is 14.2. The largest absolute Gasteiger partial charge is 0.418 e. The molecule has 176 valence electrons. The maximum absolute atomic E-state index is 13.1. The van der Waals surface area contributed by atoms with Crippen LogP contribution in [0.1, 0.15) is 44.9 Å². The molecule has 0 aliphatic carbocycles. The number of alkyl halides is 3. The van der Waals surface area contributed by atoms with Gasteiger partial charge in [0.25, 0.3) is 0 Å². The average Bonchev–Trinajstić information content (AvgIpc) is 2.74. The van der Waals surface area contributed by atoms with Crippen molar-refractivity contribution >= 4 is 21.6 Å². The number of sulfonamides is 1. The first-order chi connectivity index (χ1) is 14.9. The van der Waals surface area contributed by atoms with E-state index in [4.69, 9.17) is 0 Å². The van der Waals surface area contributed by atoms with Crippen LogP contribution >= 0.6 is 0 Å². The third-order valence-electron chi connectivity index (χ3n) is 5.11. The standard InChI is InChI=1S/C22H28F3N3O3S/c1-5-28(6-2)32(30,31)18-13-11-17(12-14-18)15(3)26-16(4)21(29)27-20-10-8-7-9-19(20)22(23,24)25/h7-16,26H,5-6H2,1-4H3,(H,27,29). The molecule has 1 amide bonds. The van der Waals surface area contributed by atoms with Crippen molar-refractivity contribution in [3.63, 3.8) is 0 Å². The molecule has 2 unspecified atom stereocenters. The van der Waals surface area contributed by atoms with Crippen LogP contribution < -0.4 is 10.6 Å². The summed E-state index contributed by atoms with van der Waals surface area (Å²) in [6.07, 6.45) is -4.58. The number of halogens is 3. The van der Waals surface area contributed by atoms with Crippen molar-refractivity contribution in [2.45, 2.75) is 50.9 Å². The summed E-state index contributed by atoms with van der Waals surface area (Å²) in [6.45, 7) is 7.58. The van der Waals surface area contributed by atoms with E-state index >= 15 is 0 Å². The molecule has 0 saturated carbocycles. The first-order valence-corrected chi connectivity index (χ1v) is 11.7. The number of benzene rings is 2. The van der Waals surface area contributed by atoms with Gasteiger partial charge in [0.2, 0.25) is 15.9 Å². The number of hydrogen-bond acceptors (Lipinski definition) is 4. The van der Waals surface area contributed by atoms with Crippen LogP contribution in [0.2, 0.25) is 0 Å².